The van der Waals surface area contributed by atoms with Gasteiger partial charge in [-0.3, -0.25) is 4.90 Å². The van der Waals surface area contributed by atoms with Gasteiger partial charge in [0.05, 0.1) is 28.9 Å². The highest BCUT2D eigenvalue weighted by Gasteiger charge is 2.35. The number of carbonyl (C=O) groups is 2. The zero-order chi connectivity index (χ0) is 24.2. The standard InChI is InChI=1S/C24H25ClF2N4O3/c1-2-34-23(32)21-19(28-24(33)29-22(21)15-7-8-17(26)18(27)13-15)14-30-9-11-31(12-10-30)20-6-4-3-5-16(20)25/h3-8,13,22H,2,9-12,14H2,1H3,(H2,28,29,33)/t22-/m0/s1. The van der Waals surface area contributed by atoms with Crippen LogP contribution in [0.4, 0.5) is 19.3 Å². The Morgan fingerprint density at radius 3 is 2.53 bits per heavy atom. The zero-order valence-corrected chi connectivity index (χ0v) is 19.4. The number of anilines is 1. The van der Waals surface area contributed by atoms with Gasteiger partial charge in [-0.05, 0) is 36.8 Å². The third kappa shape index (κ3) is 5.15. The first kappa shape index (κ1) is 24.0. The van der Waals surface area contributed by atoms with Gasteiger partial charge in [-0.25, -0.2) is 18.4 Å². The summed E-state index contributed by atoms with van der Waals surface area (Å²) in [7, 11) is 0. The van der Waals surface area contributed by atoms with Crippen molar-refractivity contribution in [2.75, 3.05) is 44.2 Å². The van der Waals surface area contributed by atoms with E-state index in [0.717, 1.165) is 17.8 Å². The van der Waals surface area contributed by atoms with Crippen molar-refractivity contribution in [2.24, 2.45) is 0 Å². The Labute approximate surface area is 201 Å². The van der Waals surface area contributed by atoms with Crippen LogP contribution in [0.25, 0.3) is 0 Å². The first-order chi connectivity index (χ1) is 16.4. The number of nitrogens with zero attached hydrogens (tertiary/aromatic N) is 2. The van der Waals surface area contributed by atoms with E-state index < -0.39 is 29.7 Å². The lowest BCUT2D eigenvalue weighted by Gasteiger charge is -2.38. The van der Waals surface area contributed by atoms with Crippen LogP contribution >= 0.6 is 11.6 Å². The van der Waals surface area contributed by atoms with Gasteiger partial charge < -0.3 is 20.3 Å². The van der Waals surface area contributed by atoms with Crippen molar-refractivity contribution in [3.8, 4) is 0 Å². The molecule has 10 heteroatoms. The molecule has 2 aromatic carbocycles. The van der Waals surface area contributed by atoms with Gasteiger partial charge in [0.15, 0.2) is 11.6 Å². The van der Waals surface area contributed by atoms with E-state index in [1.54, 1.807) is 6.92 Å². The maximum Gasteiger partial charge on any atom is 0.338 e. The number of ether oxygens (including phenoxy) is 1. The minimum atomic E-state index is -1.06. The van der Waals surface area contributed by atoms with Crippen molar-refractivity contribution < 1.29 is 23.1 Å². The van der Waals surface area contributed by atoms with Gasteiger partial charge in [-0.2, -0.15) is 0 Å². The molecule has 2 aromatic rings. The molecule has 0 unspecified atom stereocenters. The van der Waals surface area contributed by atoms with Crippen molar-refractivity contribution in [1.82, 2.24) is 15.5 Å². The Balaban J connectivity index is 1.58. The number of rotatable bonds is 6. The van der Waals surface area contributed by atoms with E-state index in [-0.39, 0.29) is 24.3 Å². The van der Waals surface area contributed by atoms with Gasteiger partial charge in [-0.1, -0.05) is 29.8 Å². The number of amides is 2. The molecule has 0 aromatic heterocycles. The Morgan fingerprint density at radius 1 is 1.12 bits per heavy atom. The molecule has 0 aliphatic carbocycles. The van der Waals surface area contributed by atoms with Crippen molar-refractivity contribution in [3.05, 3.63) is 76.0 Å². The van der Waals surface area contributed by atoms with Crippen molar-refractivity contribution in [3.63, 3.8) is 0 Å². The number of esters is 1. The van der Waals surface area contributed by atoms with Crippen LogP contribution in [0.5, 0.6) is 0 Å². The van der Waals surface area contributed by atoms with Crippen LogP contribution in [-0.2, 0) is 9.53 Å². The van der Waals surface area contributed by atoms with E-state index in [1.165, 1.54) is 6.07 Å². The van der Waals surface area contributed by atoms with Gasteiger partial charge in [0.1, 0.15) is 0 Å². The van der Waals surface area contributed by atoms with Gasteiger partial charge in [0.2, 0.25) is 0 Å². The SMILES string of the molecule is CCOC(=O)C1=C(CN2CCN(c3ccccc3Cl)CC2)NC(=O)N[C@H]1c1ccc(F)c(F)c1. The third-order valence-electron chi connectivity index (χ3n) is 5.87. The summed E-state index contributed by atoms with van der Waals surface area (Å²) in [5, 5.41) is 6.03. The maximum absolute atomic E-state index is 13.9. The number of benzene rings is 2. The highest BCUT2D eigenvalue weighted by atomic mass is 35.5. The van der Waals surface area contributed by atoms with E-state index in [9.17, 15) is 18.4 Å². The second-order valence-electron chi connectivity index (χ2n) is 8.03. The maximum atomic E-state index is 13.9. The van der Waals surface area contributed by atoms with E-state index >= 15 is 0 Å². The molecular weight excluding hydrogens is 466 g/mol. The van der Waals surface area contributed by atoms with E-state index in [0.29, 0.717) is 36.9 Å². The van der Waals surface area contributed by atoms with Crippen LogP contribution in [0.3, 0.4) is 0 Å². The molecule has 4 rings (SSSR count). The molecule has 34 heavy (non-hydrogen) atoms. The number of nitrogens with one attached hydrogen (secondary N) is 2. The highest BCUT2D eigenvalue weighted by molar-refractivity contribution is 6.33. The van der Waals surface area contributed by atoms with E-state index in [2.05, 4.69) is 20.4 Å². The topological polar surface area (TPSA) is 73.9 Å². The molecule has 2 aliphatic rings. The average molecular weight is 491 g/mol. The largest absolute Gasteiger partial charge is 0.463 e. The summed E-state index contributed by atoms with van der Waals surface area (Å²) in [6.07, 6.45) is 0. The molecule has 2 aliphatic heterocycles. The molecule has 1 fully saturated rings. The first-order valence-corrected chi connectivity index (χ1v) is 11.4. The van der Waals surface area contributed by atoms with Crippen LogP contribution in [0.1, 0.15) is 18.5 Å². The number of piperazine rings is 1. The van der Waals surface area contributed by atoms with Crippen LogP contribution in [-0.4, -0.2) is 56.2 Å². The lowest BCUT2D eigenvalue weighted by atomic mass is 9.94. The molecule has 7 nitrogen and oxygen atoms in total. The van der Waals surface area contributed by atoms with Crippen molar-refractivity contribution in [2.45, 2.75) is 13.0 Å². The minimum Gasteiger partial charge on any atom is -0.463 e. The van der Waals surface area contributed by atoms with Crippen LogP contribution in [0.15, 0.2) is 53.7 Å². The second-order valence-corrected chi connectivity index (χ2v) is 8.44. The smallest absolute Gasteiger partial charge is 0.338 e. The van der Waals surface area contributed by atoms with Crippen LogP contribution in [0.2, 0.25) is 5.02 Å². The average Bonchev–Trinajstić information content (AvgIpc) is 2.81. The highest BCUT2D eigenvalue weighted by Crippen LogP contribution is 2.30. The van der Waals surface area contributed by atoms with Crippen LogP contribution in [0, 0.1) is 11.6 Å². The fourth-order valence-electron chi connectivity index (χ4n) is 4.21. The fourth-order valence-corrected chi connectivity index (χ4v) is 4.47. The zero-order valence-electron chi connectivity index (χ0n) is 18.6. The molecule has 1 atom stereocenters. The van der Waals surface area contributed by atoms with E-state index in [4.69, 9.17) is 16.3 Å². The summed E-state index contributed by atoms with van der Waals surface area (Å²) < 4.78 is 32.6. The lowest BCUT2D eigenvalue weighted by Crippen LogP contribution is -2.51. The summed E-state index contributed by atoms with van der Waals surface area (Å²) in [5.74, 6) is -2.71. The molecule has 0 saturated carbocycles. The van der Waals surface area contributed by atoms with Gasteiger partial charge >= 0.3 is 12.0 Å². The number of hydrogen-bond donors (Lipinski definition) is 2. The molecule has 0 spiro atoms. The quantitative estimate of drug-likeness (QED) is 0.605. The number of para-hydroxylation sites is 1. The predicted octanol–water partition coefficient (Wildman–Crippen LogP) is 3.61. The molecule has 1 saturated heterocycles. The molecule has 0 radical (unpaired) electrons. The molecule has 2 heterocycles. The Bertz CT molecular complexity index is 1120. The number of halogens is 3. The Hall–Kier alpha value is -3.17. The monoisotopic (exact) mass is 490 g/mol. The summed E-state index contributed by atoms with van der Waals surface area (Å²) in [6, 6.07) is 9.42. The van der Waals surface area contributed by atoms with Gasteiger partial charge in [-0.15, -0.1) is 0 Å². The molecule has 180 valence electrons. The minimum absolute atomic E-state index is 0.130. The normalized spacial score (nSPS) is 19.0. The summed E-state index contributed by atoms with van der Waals surface area (Å²) in [6.45, 7) is 4.86. The Kier molecular flexibility index (Phi) is 7.33. The second kappa shape index (κ2) is 10.4. The third-order valence-corrected chi connectivity index (χ3v) is 6.19. The number of urea groups is 1. The number of carbonyl (C=O) groups excluding carboxylic acids is 2. The summed E-state index contributed by atoms with van der Waals surface area (Å²) in [5.41, 5.74) is 1.76. The van der Waals surface area contributed by atoms with Gasteiger partial charge in [0, 0.05) is 38.4 Å². The van der Waals surface area contributed by atoms with E-state index in [1.807, 2.05) is 24.3 Å². The lowest BCUT2D eigenvalue weighted by molar-refractivity contribution is -0.139. The fraction of sp³-hybridized carbons (Fsp3) is 0.333. The molecule has 2 N–H and O–H groups in total. The van der Waals surface area contributed by atoms with Crippen LogP contribution < -0.4 is 15.5 Å². The molecule has 0 bridgehead atoms. The number of hydrogen-bond acceptors (Lipinski definition) is 5. The summed E-state index contributed by atoms with van der Waals surface area (Å²) in [4.78, 5) is 29.6. The molecule has 2 amide bonds. The molecular formula is C24H25ClF2N4O3. The summed E-state index contributed by atoms with van der Waals surface area (Å²) >= 11 is 6.33. The first-order valence-electron chi connectivity index (χ1n) is 11.0. The van der Waals surface area contributed by atoms with Crippen molar-refractivity contribution in [1.29, 1.82) is 0 Å². The van der Waals surface area contributed by atoms with Crippen molar-refractivity contribution >= 4 is 29.3 Å². The van der Waals surface area contributed by atoms with Gasteiger partial charge in [0.25, 0.3) is 0 Å². The predicted molar refractivity (Wildman–Crippen MR) is 125 cm³/mol. The Morgan fingerprint density at radius 2 is 1.85 bits per heavy atom.